The van der Waals surface area contributed by atoms with Crippen LogP contribution in [0.2, 0.25) is 0 Å². The topological polar surface area (TPSA) is 26.3 Å². The van der Waals surface area contributed by atoms with Gasteiger partial charge in [0.05, 0.1) is 6.61 Å². The largest absolute Gasteiger partial charge is 0.465 e. The minimum absolute atomic E-state index is 0.0592. The highest BCUT2D eigenvalue weighted by molar-refractivity contribution is 5.69. The molecule has 4 aliphatic rings. The maximum Gasteiger partial charge on any atom is 0.305 e. The lowest BCUT2D eigenvalue weighted by Crippen LogP contribution is -2.58. The number of rotatable bonds is 20. The van der Waals surface area contributed by atoms with Crippen molar-refractivity contribution in [2.75, 3.05) is 6.61 Å². The Kier molecular flexibility index (Phi) is 13.0. The predicted octanol–water partition coefficient (Wildman–Crippen LogP) is 12.5. The fourth-order valence-electron chi connectivity index (χ4n) is 10.8. The van der Waals surface area contributed by atoms with Crippen LogP contribution in [0.1, 0.15) is 195 Å². The second kappa shape index (κ2) is 16.0. The lowest BCUT2D eigenvalue weighted by molar-refractivity contribution is -0.171. The van der Waals surface area contributed by atoms with Crippen LogP contribution in [0.15, 0.2) is 12.2 Å². The van der Waals surface area contributed by atoms with Gasteiger partial charge in [-0.1, -0.05) is 149 Å². The number of hydrogen-bond donors (Lipinski definition) is 0. The molecule has 0 aromatic rings. The van der Waals surface area contributed by atoms with Gasteiger partial charge in [0.2, 0.25) is 0 Å². The summed E-state index contributed by atoms with van der Waals surface area (Å²) < 4.78 is 6.07. The number of hydrogen-bond acceptors (Lipinski definition) is 2. The molecule has 4 rings (SSSR count). The van der Waals surface area contributed by atoms with Crippen LogP contribution in [0.25, 0.3) is 0 Å². The van der Waals surface area contributed by atoms with Crippen molar-refractivity contribution in [1.29, 1.82) is 0 Å². The van der Waals surface area contributed by atoms with Gasteiger partial charge in [-0.2, -0.15) is 0 Å². The van der Waals surface area contributed by atoms with Crippen molar-refractivity contribution in [3.63, 3.8) is 0 Å². The van der Waals surface area contributed by atoms with Crippen molar-refractivity contribution in [3.8, 4) is 0 Å². The molecule has 6 atom stereocenters. The minimum atomic E-state index is 0.0592. The Balaban J connectivity index is 1.03. The molecule has 0 heterocycles. The number of allylic oxidation sites excluding steroid dienone is 2. The first-order valence-electron chi connectivity index (χ1n) is 19.1. The van der Waals surface area contributed by atoms with Gasteiger partial charge in [0.1, 0.15) is 0 Å². The zero-order chi connectivity index (χ0) is 29.9. The molecule has 0 aromatic carbocycles. The highest BCUT2D eigenvalue weighted by atomic mass is 16.5. The maximum atomic E-state index is 12.8. The Hall–Kier alpha value is -0.790. The van der Waals surface area contributed by atoms with Crippen molar-refractivity contribution in [2.45, 2.75) is 195 Å². The molecular formula is C40H70O2. The molecule has 42 heavy (non-hydrogen) atoms. The number of fused-ring (bicyclic) bond motifs is 3. The highest BCUT2D eigenvalue weighted by Gasteiger charge is 2.63. The van der Waals surface area contributed by atoms with Crippen LogP contribution in [0.3, 0.4) is 0 Å². The van der Waals surface area contributed by atoms with E-state index in [4.69, 9.17) is 4.74 Å². The summed E-state index contributed by atoms with van der Waals surface area (Å²) >= 11 is 0. The van der Waals surface area contributed by atoms with Gasteiger partial charge in [-0.15, -0.1) is 0 Å². The quantitative estimate of drug-likeness (QED) is 0.0810. The Morgan fingerprint density at radius 3 is 1.81 bits per heavy atom. The maximum absolute atomic E-state index is 12.8. The van der Waals surface area contributed by atoms with Crippen LogP contribution in [0.5, 0.6) is 0 Å². The first kappa shape index (κ1) is 34.1. The van der Waals surface area contributed by atoms with Gasteiger partial charge in [-0.05, 0) is 79.4 Å². The van der Waals surface area contributed by atoms with Crippen LogP contribution in [-0.4, -0.2) is 12.6 Å². The summed E-state index contributed by atoms with van der Waals surface area (Å²) in [5, 5.41) is 0. The third kappa shape index (κ3) is 8.68. The first-order chi connectivity index (χ1) is 20.3. The van der Waals surface area contributed by atoms with Gasteiger partial charge in [-0.25, -0.2) is 0 Å². The lowest BCUT2D eigenvalue weighted by Gasteiger charge is -2.64. The molecule has 0 unspecified atom stereocenters. The number of esters is 1. The monoisotopic (exact) mass is 583 g/mol. The second-order valence-corrected chi connectivity index (χ2v) is 16.7. The number of carbonyl (C=O) groups excluding carboxylic acids is 1. The fraction of sp³-hybridized carbons (Fsp3) is 0.925. The first-order valence-corrected chi connectivity index (χ1v) is 19.1. The van der Waals surface area contributed by atoms with E-state index in [1.54, 1.807) is 0 Å². The molecule has 0 aromatic heterocycles. The van der Waals surface area contributed by atoms with Crippen LogP contribution in [0, 0.1) is 33.5 Å². The van der Waals surface area contributed by atoms with Gasteiger partial charge in [0.15, 0.2) is 0 Å². The molecule has 2 heteroatoms. The molecule has 0 amide bonds. The Labute approximate surface area is 262 Å². The van der Waals surface area contributed by atoms with Crippen molar-refractivity contribution in [2.24, 2.45) is 33.5 Å². The summed E-state index contributed by atoms with van der Waals surface area (Å²) in [7, 11) is 0. The molecule has 2 nitrogen and oxygen atoms in total. The summed E-state index contributed by atoms with van der Waals surface area (Å²) in [6, 6.07) is 0. The average molecular weight is 583 g/mol. The van der Waals surface area contributed by atoms with E-state index in [1.165, 1.54) is 154 Å². The van der Waals surface area contributed by atoms with E-state index in [9.17, 15) is 4.79 Å². The number of unbranched alkanes of at least 4 members (excludes halogenated alkanes) is 16. The fourth-order valence-corrected chi connectivity index (χ4v) is 10.8. The van der Waals surface area contributed by atoms with E-state index < -0.39 is 0 Å². The minimum Gasteiger partial charge on any atom is -0.465 e. The Morgan fingerprint density at radius 1 is 0.667 bits per heavy atom. The SMILES string of the molecule is CCCCCCCCCCCCCCCCCCCC(=O)OC[C@@]1(C)CCC[C@]2(C)[C@@H]1CC[C@@]13C=C[C@@](C)(CC[C@H]12)C3. The average Bonchev–Trinajstić information content (AvgIpc) is 3.21. The highest BCUT2D eigenvalue weighted by Crippen LogP contribution is 2.71. The lowest BCUT2D eigenvalue weighted by atomic mass is 9.40. The van der Waals surface area contributed by atoms with E-state index >= 15 is 0 Å². The predicted molar refractivity (Wildman–Crippen MR) is 180 cm³/mol. The number of ether oxygens (including phenoxy) is 1. The van der Waals surface area contributed by atoms with E-state index in [-0.39, 0.29) is 11.4 Å². The third-order valence-electron chi connectivity index (χ3n) is 13.1. The zero-order valence-electron chi connectivity index (χ0n) is 28.7. The zero-order valence-corrected chi connectivity index (χ0v) is 28.7. The molecule has 2 bridgehead atoms. The molecule has 0 N–H and O–H groups in total. The van der Waals surface area contributed by atoms with E-state index in [0.717, 1.165) is 12.3 Å². The van der Waals surface area contributed by atoms with Crippen LogP contribution in [-0.2, 0) is 9.53 Å². The molecule has 0 radical (unpaired) electrons. The molecule has 242 valence electrons. The number of carbonyl (C=O) groups is 1. The molecule has 3 saturated carbocycles. The van der Waals surface area contributed by atoms with Gasteiger partial charge >= 0.3 is 5.97 Å². The van der Waals surface area contributed by atoms with Crippen molar-refractivity contribution in [1.82, 2.24) is 0 Å². The summed E-state index contributed by atoms with van der Waals surface area (Å²) in [4.78, 5) is 12.8. The van der Waals surface area contributed by atoms with E-state index in [2.05, 4.69) is 39.8 Å². The van der Waals surface area contributed by atoms with Crippen molar-refractivity contribution in [3.05, 3.63) is 12.2 Å². The summed E-state index contributed by atoms with van der Waals surface area (Å²) in [6.45, 7) is 10.5. The summed E-state index contributed by atoms with van der Waals surface area (Å²) in [5.41, 5.74) is 1.47. The van der Waals surface area contributed by atoms with Gasteiger partial charge in [-0.3, -0.25) is 4.79 Å². The van der Waals surface area contributed by atoms with Crippen LogP contribution in [0.4, 0.5) is 0 Å². The van der Waals surface area contributed by atoms with Gasteiger partial charge < -0.3 is 4.74 Å². The molecule has 1 spiro atoms. The Bertz CT molecular complexity index is 847. The standard InChI is InChI=1S/C40H70O2/c1-5-6-7-8-9-10-11-12-13-14-15-16-17-18-19-20-21-23-36(41)42-33-38(3)26-22-27-39(4)34(38)25-29-40-31-30-37(2,32-40)28-24-35(39)40/h30-31,34-35H,5-29,32-33H2,1-4H3/t34-,35+,37-,38-,39-,40+/m1/s1. The van der Waals surface area contributed by atoms with Crippen molar-refractivity contribution >= 4 is 5.97 Å². The molecular weight excluding hydrogens is 512 g/mol. The van der Waals surface area contributed by atoms with Crippen LogP contribution >= 0.6 is 0 Å². The van der Waals surface area contributed by atoms with Crippen LogP contribution < -0.4 is 0 Å². The van der Waals surface area contributed by atoms with Gasteiger partial charge in [0.25, 0.3) is 0 Å². The summed E-state index contributed by atoms with van der Waals surface area (Å²) in [5.74, 6) is 1.57. The second-order valence-electron chi connectivity index (χ2n) is 16.7. The van der Waals surface area contributed by atoms with Gasteiger partial charge in [0, 0.05) is 11.8 Å². The smallest absolute Gasteiger partial charge is 0.305 e. The molecule has 0 saturated heterocycles. The third-order valence-corrected chi connectivity index (χ3v) is 13.1. The van der Waals surface area contributed by atoms with E-state index in [0.29, 0.717) is 35.2 Å². The molecule has 4 aliphatic carbocycles. The Morgan fingerprint density at radius 2 is 1.21 bits per heavy atom. The normalized spacial score (nSPS) is 35.1. The van der Waals surface area contributed by atoms with Crippen molar-refractivity contribution < 1.29 is 9.53 Å². The molecule has 3 fully saturated rings. The summed E-state index contributed by atoms with van der Waals surface area (Å²) in [6.07, 6.45) is 39.9. The van der Waals surface area contributed by atoms with E-state index in [1.807, 2.05) is 0 Å². The molecule has 0 aliphatic heterocycles.